The summed E-state index contributed by atoms with van der Waals surface area (Å²) in [7, 11) is 0. The number of carbonyl (C=O) groups is 1. The largest absolute Gasteiger partial charge is 0.334 e. The van der Waals surface area contributed by atoms with Crippen LogP contribution in [-0.2, 0) is 0 Å². The highest BCUT2D eigenvalue weighted by Gasteiger charge is 2.31. The topological polar surface area (TPSA) is 64.6 Å². The third kappa shape index (κ3) is 3.60. The molecular formula is C20H26N6O. The van der Waals surface area contributed by atoms with E-state index in [1.807, 2.05) is 29.2 Å². The molecule has 1 aromatic carbocycles. The van der Waals surface area contributed by atoms with Crippen LogP contribution >= 0.6 is 0 Å². The van der Waals surface area contributed by atoms with Crippen LogP contribution in [0.15, 0.2) is 42.9 Å². The predicted molar refractivity (Wildman–Crippen MR) is 106 cm³/mol. The summed E-state index contributed by atoms with van der Waals surface area (Å²) >= 11 is 0. The summed E-state index contributed by atoms with van der Waals surface area (Å²) in [5.41, 5.74) is 1.89. The van der Waals surface area contributed by atoms with Crippen LogP contribution in [0.5, 0.6) is 0 Å². The van der Waals surface area contributed by atoms with E-state index in [2.05, 4.69) is 38.9 Å². The zero-order valence-electron chi connectivity index (χ0n) is 15.9. The molecule has 2 aromatic rings. The molecule has 4 rings (SSSR count). The molecule has 0 bridgehead atoms. The van der Waals surface area contributed by atoms with Crippen LogP contribution < -0.4 is 15.1 Å². The summed E-state index contributed by atoms with van der Waals surface area (Å²) in [5, 5.41) is 3.23. The highest BCUT2D eigenvalue weighted by Crippen LogP contribution is 2.36. The molecule has 0 aliphatic carbocycles. The Hall–Kier alpha value is -2.67. The van der Waals surface area contributed by atoms with Gasteiger partial charge in [0, 0.05) is 50.7 Å². The first-order valence-electron chi connectivity index (χ1n) is 9.58. The Morgan fingerprint density at radius 2 is 1.96 bits per heavy atom. The third-order valence-electron chi connectivity index (χ3n) is 5.36. The van der Waals surface area contributed by atoms with Crippen molar-refractivity contribution >= 4 is 23.2 Å². The fourth-order valence-corrected chi connectivity index (χ4v) is 3.87. The van der Waals surface area contributed by atoms with Gasteiger partial charge in [-0.3, -0.25) is 14.8 Å². The maximum Gasteiger partial charge on any atom is 0.322 e. The van der Waals surface area contributed by atoms with Gasteiger partial charge >= 0.3 is 6.03 Å². The van der Waals surface area contributed by atoms with E-state index in [0.717, 1.165) is 36.7 Å². The second kappa shape index (κ2) is 7.52. The average Bonchev–Trinajstić information content (AvgIpc) is 3.16. The smallest absolute Gasteiger partial charge is 0.322 e. The molecule has 142 valence electrons. The fraction of sp³-hybridized carbons (Fsp3) is 0.450. The highest BCUT2D eigenvalue weighted by molar-refractivity contribution is 5.97. The van der Waals surface area contributed by atoms with Gasteiger partial charge in [0.1, 0.15) is 0 Å². The van der Waals surface area contributed by atoms with Crippen LogP contribution in [0.25, 0.3) is 0 Å². The minimum Gasteiger partial charge on any atom is -0.334 e. The van der Waals surface area contributed by atoms with Gasteiger partial charge in [0.15, 0.2) is 5.82 Å². The molecule has 2 aliphatic rings. The van der Waals surface area contributed by atoms with Crippen molar-refractivity contribution in [2.45, 2.75) is 32.4 Å². The second-order valence-corrected chi connectivity index (χ2v) is 7.38. The number of para-hydroxylation sites is 2. The first-order valence-corrected chi connectivity index (χ1v) is 9.58. The van der Waals surface area contributed by atoms with Crippen molar-refractivity contribution in [2.75, 3.05) is 36.0 Å². The molecule has 0 radical (unpaired) electrons. The van der Waals surface area contributed by atoms with Crippen molar-refractivity contribution < 1.29 is 4.79 Å². The van der Waals surface area contributed by atoms with Crippen LogP contribution in [0.3, 0.4) is 0 Å². The fourth-order valence-electron chi connectivity index (χ4n) is 3.87. The number of urea groups is 1. The summed E-state index contributed by atoms with van der Waals surface area (Å²) in [6, 6.07) is 8.69. The van der Waals surface area contributed by atoms with Gasteiger partial charge in [0.25, 0.3) is 0 Å². The molecule has 1 unspecified atom stereocenters. The summed E-state index contributed by atoms with van der Waals surface area (Å²) in [6.45, 7) is 7.66. The Bertz CT molecular complexity index is 796. The lowest BCUT2D eigenvalue weighted by Crippen LogP contribution is -2.50. The van der Waals surface area contributed by atoms with Crippen molar-refractivity contribution in [3.8, 4) is 0 Å². The number of carbonyl (C=O) groups excluding carboxylic acids is 1. The van der Waals surface area contributed by atoms with Crippen LogP contribution in [0.4, 0.5) is 22.0 Å². The van der Waals surface area contributed by atoms with E-state index in [1.165, 1.54) is 0 Å². The normalized spacial score (nSPS) is 20.0. The van der Waals surface area contributed by atoms with Crippen LogP contribution in [0.2, 0.25) is 0 Å². The van der Waals surface area contributed by atoms with E-state index in [9.17, 15) is 4.79 Å². The third-order valence-corrected chi connectivity index (χ3v) is 5.36. The lowest BCUT2D eigenvalue weighted by atomic mass is 10.1. The van der Waals surface area contributed by atoms with E-state index in [4.69, 9.17) is 0 Å². The molecule has 1 aromatic heterocycles. The molecule has 27 heavy (non-hydrogen) atoms. The van der Waals surface area contributed by atoms with Crippen LogP contribution in [0, 0.1) is 0 Å². The second-order valence-electron chi connectivity index (χ2n) is 7.38. The quantitative estimate of drug-likeness (QED) is 0.905. The predicted octanol–water partition coefficient (Wildman–Crippen LogP) is 2.63. The van der Waals surface area contributed by atoms with E-state index >= 15 is 0 Å². The van der Waals surface area contributed by atoms with Crippen LogP contribution in [0.1, 0.15) is 20.3 Å². The Labute approximate surface area is 160 Å². The van der Waals surface area contributed by atoms with Crippen molar-refractivity contribution in [2.24, 2.45) is 0 Å². The maximum atomic E-state index is 13.0. The van der Waals surface area contributed by atoms with Gasteiger partial charge in [0.05, 0.1) is 17.6 Å². The van der Waals surface area contributed by atoms with E-state index in [1.54, 1.807) is 18.6 Å². The molecule has 1 atom stereocenters. The van der Waals surface area contributed by atoms with Gasteiger partial charge in [-0.15, -0.1) is 0 Å². The lowest BCUT2D eigenvalue weighted by Gasteiger charge is -2.37. The first-order chi connectivity index (χ1) is 13.1. The Kier molecular flexibility index (Phi) is 4.94. The van der Waals surface area contributed by atoms with Gasteiger partial charge in [-0.05, 0) is 32.4 Å². The van der Waals surface area contributed by atoms with Crippen molar-refractivity contribution in [1.29, 1.82) is 0 Å². The van der Waals surface area contributed by atoms with Gasteiger partial charge in [0.2, 0.25) is 0 Å². The van der Waals surface area contributed by atoms with Crippen molar-refractivity contribution in [1.82, 2.24) is 20.2 Å². The minimum absolute atomic E-state index is 0.0168. The maximum absolute atomic E-state index is 13.0. The Morgan fingerprint density at radius 3 is 2.67 bits per heavy atom. The number of likely N-dealkylation sites (tertiary alicyclic amines) is 1. The van der Waals surface area contributed by atoms with Gasteiger partial charge in [-0.2, -0.15) is 0 Å². The SMILES string of the molecule is CC(C)N1CCC(NC(=O)N2CCN(c3cnccn3)c3ccccc32)C1. The van der Waals surface area contributed by atoms with Gasteiger partial charge in [-0.1, -0.05) is 12.1 Å². The average molecular weight is 366 g/mol. The monoisotopic (exact) mass is 366 g/mol. The summed E-state index contributed by atoms with van der Waals surface area (Å²) < 4.78 is 0. The Morgan fingerprint density at radius 1 is 1.15 bits per heavy atom. The number of fused-ring (bicyclic) bond motifs is 1. The highest BCUT2D eigenvalue weighted by atomic mass is 16.2. The molecule has 2 amide bonds. The Balaban J connectivity index is 1.51. The summed E-state index contributed by atoms with van der Waals surface area (Å²) in [6.07, 6.45) is 6.12. The number of aromatic nitrogens is 2. The molecule has 2 aliphatic heterocycles. The molecule has 7 nitrogen and oxygen atoms in total. The van der Waals surface area contributed by atoms with Crippen LogP contribution in [-0.4, -0.2) is 59.2 Å². The molecule has 7 heteroatoms. The molecule has 0 saturated carbocycles. The van der Waals surface area contributed by atoms with Crippen molar-refractivity contribution in [3.63, 3.8) is 0 Å². The number of rotatable bonds is 3. The number of benzene rings is 1. The zero-order valence-corrected chi connectivity index (χ0v) is 15.9. The number of nitrogens with one attached hydrogen (secondary N) is 1. The lowest BCUT2D eigenvalue weighted by molar-refractivity contribution is 0.238. The number of hydrogen-bond acceptors (Lipinski definition) is 5. The molecule has 1 saturated heterocycles. The molecule has 3 heterocycles. The van der Waals surface area contributed by atoms with Gasteiger partial charge < -0.3 is 10.2 Å². The molecule has 1 fully saturated rings. The summed E-state index contributed by atoms with van der Waals surface area (Å²) in [5.74, 6) is 0.799. The van der Waals surface area contributed by atoms with Crippen molar-refractivity contribution in [3.05, 3.63) is 42.9 Å². The number of anilines is 3. The van der Waals surface area contributed by atoms with E-state index in [0.29, 0.717) is 19.1 Å². The molecule has 0 spiro atoms. The van der Waals surface area contributed by atoms with E-state index in [-0.39, 0.29) is 12.1 Å². The summed E-state index contributed by atoms with van der Waals surface area (Å²) in [4.78, 5) is 27.9. The minimum atomic E-state index is -0.0168. The van der Waals surface area contributed by atoms with Gasteiger partial charge in [-0.25, -0.2) is 9.78 Å². The van der Waals surface area contributed by atoms with E-state index < -0.39 is 0 Å². The molecule has 1 N–H and O–H groups in total. The standard InChI is InChI=1S/C20H26N6O/c1-15(2)24-10-7-16(14-24)23-20(27)26-12-11-25(19-13-21-8-9-22-19)17-5-3-4-6-18(17)26/h3-6,8-9,13,15-16H,7,10-12,14H2,1-2H3,(H,23,27). The first kappa shape index (κ1) is 17.7. The number of hydrogen-bond donors (Lipinski definition) is 1. The molecular weight excluding hydrogens is 340 g/mol. The number of amides is 2. The zero-order chi connectivity index (χ0) is 18.8. The number of nitrogens with zero attached hydrogens (tertiary/aromatic N) is 5.